The largest absolute Gasteiger partial charge is 0.480 e. The van der Waals surface area contributed by atoms with Crippen molar-refractivity contribution in [3.8, 4) is 5.88 Å². The molecule has 0 aliphatic rings. The highest BCUT2D eigenvalue weighted by atomic mass is 35.5. The highest BCUT2D eigenvalue weighted by Crippen LogP contribution is 2.31. The molecule has 3 heterocycles. The molecule has 3 aromatic heterocycles. The van der Waals surface area contributed by atoms with Crippen LogP contribution in [0.15, 0.2) is 18.5 Å². The first-order valence-electron chi connectivity index (χ1n) is 8.01. The van der Waals surface area contributed by atoms with E-state index in [0.717, 1.165) is 32.2 Å². The molecular weight excluding hydrogens is 372 g/mol. The normalized spacial score (nSPS) is 11.0. The highest BCUT2D eigenvalue weighted by molar-refractivity contribution is 7.18. The van der Waals surface area contributed by atoms with Crippen molar-refractivity contribution >= 4 is 44.8 Å². The quantitative estimate of drug-likeness (QED) is 0.641. The molecule has 136 valence electrons. The third kappa shape index (κ3) is 3.78. The van der Waals surface area contributed by atoms with Crippen LogP contribution in [-0.2, 0) is 17.6 Å². The van der Waals surface area contributed by atoms with Crippen molar-refractivity contribution in [2.45, 2.75) is 19.8 Å². The van der Waals surface area contributed by atoms with Crippen LogP contribution in [0.1, 0.15) is 16.1 Å². The van der Waals surface area contributed by atoms with Crippen LogP contribution in [0.25, 0.3) is 10.3 Å². The van der Waals surface area contributed by atoms with Crippen LogP contribution in [-0.4, -0.2) is 41.9 Å². The summed E-state index contributed by atoms with van der Waals surface area (Å²) in [5.74, 6) is 0.413. The van der Waals surface area contributed by atoms with E-state index in [1.807, 2.05) is 25.9 Å². The SMILES string of the molecule is COc1ncc(CC(=O)Cc2cnc3sc(C)nc3c2N(C)C)cc1Cl. The summed E-state index contributed by atoms with van der Waals surface area (Å²) >= 11 is 7.64. The number of fused-ring (bicyclic) bond motifs is 1. The summed E-state index contributed by atoms with van der Waals surface area (Å²) in [6, 6.07) is 1.71. The molecule has 0 saturated carbocycles. The fraction of sp³-hybridized carbons (Fsp3) is 0.333. The molecule has 3 rings (SSSR count). The van der Waals surface area contributed by atoms with Crippen molar-refractivity contribution in [2.24, 2.45) is 0 Å². The first kappa shape index (κ1) is 18.5. The Morgan fingerprint density at radius 3 is 2.69 bits per heavy atom. The van der Waals surface area contributed by atoms with Gasteiger partial charge in [-0.2, -0.15) is 0 Å². The Kier molecular flexibility index (Phi) is 5.38. The molecule has 0 atom stereocenters. The third-order valence-electron chi connectivity index (χ3n) is 3.88. The molecule has 0 bridgehead atoms. The Morgan fingerprint density at radius 2 is 2.04 bits per heavy atom. The molecule has 6 nitrogen and oxygen atoms in total. The van der Waals surface area contributed by atoms with E-state index in [-0.39, 0.29) is 18.6 Å². The van der Waals surface area contributed by atoms with Gasteiger partial charge in [-0.1, -0.05) is 22.9 Å². The maximum absolute atomic E-state index is 12.6. The van der Waals surface area contributed by atoms with Gasteiger partial charge in [-0.3, -0.25) is 4.79 Å². The number of aryl methyl sites for hydroxylation is 1. The summed E-state index contributed by atoms with van der Waals surface area (Å²) in [6.07, 6.45) is 3.90. The fourth-order valence-corrected chi connectivity index (χ4v) is 3.88. The highest BCUT2D eigenvalue weighted by Gasteiger charge is 2.17. The van der Waals surface area contributed by atoms with Crippen LogP contribution in [0.3, 0.4) is 0 Å². The van der Waals surface area contributed by atoms with Crippen LogP contribution in [0.5, 0.6) is 5.88 Å². The second-order valence-corrected chi connectivity index (χ2v) is 7.73. The lowest BCUT2D eigenvalue weighted by molar-refractivity contribution is -0.117. The number of carbonyl (C=O) groups is 1. The van der Waals surface area contributed by atoms with Gasteiger partial charge in [0.2, 0.25) is 5.88 Å². The van der Waals surface area contributed by atoms with Gasteiger partial charge in [-0.05, 0) is 18.6 Å². The van der Waals surface area contributed by atoms with Gasteiger partial charge in [-0.15, -0.1) is 0 Å². The monoisotopic (exact) mass is 390 g/mol. The number of ether oxygens (including phenoxy) is 1. The number of nitrogens with zero attached hydrogens (tertiary/aromatic N) is 4. The summed E-state index contributed by atoms with van der Waals surface area (Å²) in [6.45, 7) is 1.96. The standard InChI is InChI=1S/C18H19ClN4O2S/c1-10-22-15-16(23(2)3)12(9-21-18(15)26-10)7-13(24)5-11-6-14(19)17(25-4)20-8-11/h6,8-9H,5,7H2,1-4H3. The lowest BCUT2D eigenvalue weighted by atomic mass is 10.0. The molecule has 0 amide bonds. The van der Waals surface area contributed by atoms with E-state index in [9.17, 15) is 4.79 Å². The maximum Gasteiger partial charge on any atom is 0.232 e. The number of thiazole rings is 1. The molecule has 0 unspecified atom stereocenters. The smallest absolute Gasteiger partial charge is 0.232 e. The Hall–Kier alpha value is -2.25. The lowest BCUT2D eigenvalue weighted by Gasteiger charge is -2.17. The Morgan fingerprint density at radius 1 is 1.27 bits per heavy atom. The average molecular weight is 391 g/mol. The minimum Gasteiger partial charge on any atom is -0.480 e. The number of ketones is 1. The molecule has 26 heavy (non-hydrogen) atoms. The number of halogens is 1. The third-order valence-corrected chi connectivity index (χ3v) is 5.03. The van der Waals surface area contributed by atoms with E-state index >= 15 is 0 Å². The molecule has 8 heteroatoms. The molecule has 0 aliphatic carbocycles. The Bertz CT molecular complexity index is 971. The lowest BCUT2D eigenvalue weighted by Crippen LogP contribution is -2.15. The second-order valence-electron chi connectivity index (χ2n) is 6.14. The van der Waals surface area contributed by atoms with Crippen molar-refractivity contribution in [3.05, 3.63) is 39.6 Å². The van der Waals surface area contributed by atoms with E-state index in [1.54, 1.807) is 29.8 Å². The Balaban J connectivity index is 1.85. The molecule has 3 aromatic rings. The molecule has 0 aliphatic heterocycles. The van der Waals surface area contributed by atoms with Gasteiger partial charge >= 0.3 is 0 Å². The predicted molar refractivity (Wildman–Crippen MR) is 105 cm³/mol. The van der Waals surface area contributed by atoms with Gasteiger partial charge in [0, 0.05) is 44.9 Å². The molecule has 0 saturated heterocycles. The number of anilines is 1. The number of hydrogen-bond donors (Lipinski definition) is 0. The van der Waals surface area contributed by atoms with Crippen LogP contribution >= 0.6 is 22.9 Å². The topological polar surface area (TPSA) is 68.2 Å². The summed E-state index contributed by atoms with van der Waals surface area (Å²) < 4.78 is 5.04. The number of pyridine rings is 2. The van der Waals surface area contributed by atoms with Crippen molar-refractivity contribution in [1.82, 2.24) is 15.0 Å². The molecule has 0 aromatic carbocycles. The molecular formula is C18H19ClN4O2S. The zero-order chi connectivity index (χ0) is 18.8. The molecule has 0 fully saturated rings. The van der Waals surface area contributed by atoms with E-state index in [1.165, 1.54) is 7.11 Å². The predicted octanol–water partition coefficient (Wildman–Crippen LogP) is 3.48. The molecule has 0 N–H and O–H groups in total. The van der Waals surface area contributed by atoms with Crippen molar-refractivity contribution < 1.29 is 9.53 Å². The molecule has 0 radical (unpaired) electrons. The number of carbonyl (C=O) groups excluding carboxylic acids is 1. The van der Waals surface area contributed by atoms with Crippen molar-refractivity contribution in [2.75, 3.05) is 26.1 Å². The number of hydrogen-bond acceptors (Lipinski definition) is 7. The summed E-state index contributed by atoms with van der Waals surface area (Å²) in [4.78, 5) is 28.6. The van der Waals surface area contributed by atoms with Crippen molar-refractivity contribution in [1.29, 1.82) is 0 Å². The van der Waals surface area contributed by atoms with Gasteiger partial charge in [-0.25, -0.2) is 15.0 Å². The number of Topliss-reactive ketones (excluding diaryl/α,β-unsaturated/α-hetero) is 1. The van der Waals surface area contributed by atoms with Gasteiger partial charge < -0.3 is 9.64 Å². The van der Waals surface area contributed by atoms with Crippen LogP contribution in [0, 0.1) is 6.92 Å². The van der Waals surface area contributed by atoms with E-state index in [0.29, 0.717) is 10.9 Å². The van der Waals surface area contributed by atoms with Crippen LogP contribution in [0.4, 0.5) is 5.69 Å². The zero-order valence-corrected chi connectivity index (χ0v) is 16.6. The molecule has 0 spiro atoms. The van der Waals surface area contributed by atoms with E-state index in [4.69, 9.17) is 16.3 Å². The van der Waals surface area contributed by atoms with E-state index in [2.05, 4.69) is 15.0 Å². The van der Waals surface area contributed by atoms with Gasteiger partial charge in [0.05, 0.1) is 17.8 Å². The fourth-order valence-electron chi connectivity index (χ4n) is 2.85. The summed E-state index contributed by atoms with van der Waals surface area (Å²) in [5, 5.41) is 1.35. The van der Waals surface area contributed by atoms with Crippen LogP contribution < -0.4 is 9.64 Å². The van der Waals surface area contributed by atoms with Crippen LogP contribution in [0.2, 0.25) is 5.02 Å². The summed E-state index contributed by atoms with van der Waals surface area (Å²) in [7, 11) is 5.40. The average Bonchev–Trinajstić information content (AvgIpc) is 2.94. The first-order valence-corrected chi connectivity index (χ1v) is 9.21. The second kappa shape index (κ2) is 7.55. The minimum atomic E-state index is 0.0595. The van der Waals surface area contributed by atoms with E-state index < -0.39 is 0 Å². The number of methoxy groups -OCH3 is 1. The number of rotatable bonds is 6. The van der Waals surface area contributed by atoms with Gasteiger partial charge in [0.25, 0.3) is 0 Å². The first-order chi connectivity index (χ1) is 12.4. The Labute approximate surface area is 160 Å². The summed E-state index contributed by atoms with van der Waals surface area (Å²) in [5.41, 5.74) is 3.41. The number of aromatic nitrogens is 3. The maximum atomic E-state index is 12.6. The van der Waals surface area contributed by atoms with Gasteiger partial charge in [0.1, 0.15) is 21.2 Å². The minimum absolute atomic E-state index is 0.0595. The zero-order valence-electron chi connectivity index (χ0n) is 15.0. The van der Waals surface area contributed by atoms with Gasteiger partial charge in [0.15, 0.2) is 0 Å². The van der Waals surface area contributed by atoms with Crippen molar-refractivity contribution in [3.63, 3.8) is 0 Å².